The second-order valence-electron chi connectivity index (χ2n) is 4.82. The number of carbonyl (C=O) groups is 1. The second-order valence-corrected chi connectivity index (χ2v) is 4.82. The van der Waals surface area contributed by atoms with E-state index in [4.69, 9.17) is 19.7 Å². The number of benzene rings is 1. The summed E-state index contributed by atoms with van der Waals surface area (Å²) in [4.78, 5) is 14.8. The molecule has 1 saturated heterocycles. The van der Waals surface area contributed by atoms with Gasteiger partial charge in [-0.15, -0.1) is 6.58 Å². The lowest BCUT2D eigenvalue weighted by Crippen LogP contribution is -2.54. The molecule has 1 N–H and O–H groups in total. The molecule has 1 heterocycles. The van der Waals surface area contributed by atoms with Crippen LogP contribution in [0.5, 0.6) is 0 Å². The monoisotopic (exact) mass is 319 g/mol. The van der Waals surface area contributed by atoms with E-state index >= 15 is 0 Å². The lowest BCUT2D eigenvalue weighted by Gasteiger charge is -2.37. The zero-order chi connectivity index (χ0) is 16.7. The molecule has 0 radical (unpaired) electrons. The summed E-state index contributed by atoms with van der Waals surface area (Å²) in [6.45, 7) is 3.65. The van der Waals surface area contributed by atoms with Gasteiger partial charge in [-0.3, -0.25) is 0 Å². The number of aliphatic hydroxyl groups excluding tert-OH is 1. The highest BCUT2D eigenvalue weighted by atomic mass is 16.7. The highest BCUT2D eigenvalue weighted by molar-refractivity contribution is 5.89. The zero-order valence-electron chi connectivity index (χ0n) is 12.3. The van der Waals surface area contributed by atoms with Gasteiger partial charge in [-0.2, -0.15) is 0 Å². The minimum atomic E-state index is -1.23. The molecular formula is C15H17N3O5. The van der Waals surface area contributed by atoms with Gasteiger partial charge >= 0.3 is 5.97 Å². The largest absolute Gasteiger partial charge is 0.451 e. The topological polar surface area (TPSA) is 114 Å². The minimum absolute atomic E-state index is 0.0353. The van der Waals surface area contributed by atoms with E-state index in [9.17, 15) is 9.90 Å². The van der Waals surface area contributed by atoms with Crippen molar-refractivity contribution in [2.24, 2.45) is 5.11 Å². The van der Waals surface area contributed by atoms with Crippen molar-refractivity contribution < 1.29 is 24.1 Å². The van der Waals surface area contributed by atoms with Crippen molar-refractivity contribution in [1.29, 1.82) is 0 Å². The third-order valence-electron chi connectivity index (χ3n) is 3.26. The summed E-state index contributed by atoms with van der Waals surface area (Å²) in [6, 6.07) is 7.46. The molecular weight excluding hydrogens is 302 g/mol. The van der Waals surface area contributed by atoms with Gasteiger partial charge in [-0.25, -0.2) is 4.79 Å². The van der Waals surface area contributed by atoms with E-state index in [2.05, 4.69) is 16.6 Å². The zero-order valence-corrected chi connectivity index (χ0v) is 12.3. The van der Waals surface area contributed by atoms with Gasteiger partial charge in [0.15, 0.2) is 12.4 Å². The van der Waals surface area contributed by atoms with Crippen molar-refractivity contribution in [2.75, 3.05) is 13.2 Å². The molecule has 0 spiro atoms. The Labute approximate surface area is 132 Å². The Morgan fingerprint density at radius 3 is 2.91 bits per heavy atom. The first kappa shape index (κ1) is 17.0. The summed E-state index contributed by atoms with van der Waals surface area (Å²) in [6.07, 6.45) is -1.82. The average molecular weight is 319 g/mol. The van der Waals surface area contributed by atoms with Crippen LogP contribution in [0.2, 0.25) is 0 Å². The maximum atomic E-state index is 12.2. The molecule has 2 rings (SSSR count). The van der Waals surface area contributed by atoms with Crippen molar-refractivity contribution in [3.63, 3.8) is 0 Å². The molecule has 0 aliphatic carbocycles. The predicted octanol–water partition coefficient (Wildman–Crippen LogP) is 1.81. The molecule has 1 aliphatic heterocycles. The van der Waals surface area contributed by atoms with E-state index in [1.54, 1.807) is 30.3 Å². The van der Waals surface area contributed by atoms with Gasteiger partial charge in [-0.05, 0) is 17.7 Å². The number of rotatable bonds is 6. The fraction of sp³-hybridized carbons (Fsp3) is 0.400. The number of hydrogen-bond acceptors (Lipinski definition) is 6. The third-order valence-corrected chi connectivity index (χ3v) is 3.26. The van der Waals surface area contributed by atoms with Crippen LogP contribution >= 0.6 is 0 Å². The molecule has 1 aliphatic rings. The van der Waals surface area contributed by atoms with Crippen LogP contribution in [0.3, 0.4) is 0 Å². The maximum absolute atomic E-state index is 12.2. The molecule has 8 heteroatoms. The lowest BCUT2D eigenvalue weighted by molar-refractivity contribution is -0.243. The molecule has 0 saturated carbocycles. The number of esters is 1. The first-order chi connectivity index (χ1) is 11.2. The average Bonchev–Trinajstić information content (AvgIpc) is 2.58. The quantitative estimate of drug-likeness (QED) is 0.282. The molecule has 1 unspecified atom stereocenters. The van der Waals surface area contributed by atoms with Crippen LogP contribution in [0.1, 0.15) is 10.4 Å². The Hall–Kier alpha value is -2.38. The van der Waals surface area contributed by atoms with Crippen molar-refractivity contribution >= 4 is 5.97 Å². The number of hydrogen-bond donors (Lipinski definition) is 1. The Balaban J connectivity index is 2.14. The van der Waals surface area contributed by atoms with E-state index in [1.807, 2.05) is 0 Å². The Kier molecular flexibility index (Phi) is 6.13. The van der Waals surface area contributed by atoms with E-state index in [0.717, 1.165) is 0 Å². The van der Waals surface area contributed by atoms with Gasteiger partial charge in [-0.1, -0.05) is 29.4 Å². The predicted molar refractivity (Wildman–Crippen MR) is 80.5 cm³/mol. The number of azide groups is 1. The smallest absolute Gasteiger partial charge is 0.338 e. The van der Waals surface area contributed by atoms with Gasteiger partial charge in [0.1, 0.15) is 6.10 Å². The summed E-state index contributed by atoms with van der Waals surface area (Å²) in [5.41, 5.74) is 8.86. The molecule has 0 aromatic heterocycles. The van der Waals surface area contributed by atoms with E-state index in [-0.39, 0.29) is 13.2 Å². The van der Waals surface area contributed by atoms with Gasteiger partial charge in [0.25, 0.3) is 0 Å². The molecule has 1 aromatic carbocycles. The molecule has 1 fully saturated rings. The number of carbonyl (C=O) groups excluding carboxylic acids is 1. The van der Waals surface area contributed by atoms with E-state index in [0.29, 0.717) is 5.56 Å². The van der Waals surface area contributed by atoms with Crippen LogP contribution < -0.4 is 0 Å². The molecule has 0 bridgehead atoms. The number of ether oxygens (including phenoxy) is 3. The third kappa shape index (κ3) is 4.30. The van der Waals surface area contributed by atoms with Crippen LogP contribution in [0.25, 0.3) is 10.4 Å². The first-order valence-corrected chi connectivity index (χ1v) is 6.99. The van der Waals surface area contributed by atoms with Crippen LogP contribution in [-0.4, -0.2) is 48.8 Å². The summed E-state index contributed by atoms with van der Waals surface area (Å²) >= 11 is 0. The number of aliphatic hydroxyl groups is 1. The molecule has 4 atom stereocenters. The standard InChI is InChI=1S/C15H17N3O5/c1-2-8-21-15-13(12(19)11(9-22-15)17-18-16)23-14(20)10-6-4-3-5-7-10/h2-7,11-13,15,19H,1,8-9H2/t11?,12-,13-,15-/m0/s1. The number of nitrogens with zero attached hydrogens (tertiary/aromatic N) is 3. The van der Waals surface area contributed by atoms with E-state index < -0.39 is 30.5 Å². The summed E-state index contributed by atoms with van der Waals surface area (Å²) in [5, 5.41) is 13.7. The van der Waals surface area contributed by atoms with E-state index in [1.165, 1.54) is 6.08 Å². The molecule has 0 amide bonds. The van der Waals surface area contributed by atoms with Gasteiger partial charge < -0.3 is 19.3 Å². The molecule has 8 nitrogen and oxygen atoms in total. The van der Waals surface area contributed by atoms with Crippen molar-refractivity contribution in [1.82, 2.24) is 0 Å². The van der Waals surface area contributed by atoms with Crippen LogP contribution in [0, 0.1) is 0 Å². The minimum Gasteiger partial charge on any atom is -0.451 e. The SMILES string of the molecule is C=CCO[C@H]1OCC(N=[N+]=[N-])[C@H](O)[C@@H]1OC(=O)c1ccccc1. The maximum Gasteiger partial charge on any atom is 0.338 e. The summed E-state index contributed by atoms with van der Waals surface area (Å²) in [7, 11) is 0. The lowest BCUT2D eigenvalue weighted by atomic mass is 10.0. The molecule has 23 heavy (non-hydrogen) atoms. The Morgan fingerprint density at radius 1 is 1.52 bits per heavy atom. The normalized spacial score (nSPS) is 26.8. The summed E-state index contributed by atoms with van der Waals surface area (Å²) in [5.74, 6) is -0.632. The van der Waals surface area contributed by atoms with Crippen molar-refractivity contribution in [3.8, 4) is 0 Å². The second kappa shape index (κ2) is 8.30. The highest BCUT2D eigenvalue weighted by Gasteiger charge is 2.42. The van der Waals surface area contributed by atoms with Gasteiger partial charge in [0, 0.05) is 4.91 Å². The van der Waals surface area contributed by atoms with Crippen LogP contribution in [0.15, 0.2) is 48.1 Å². The fourth-order valence-electron chi connectivity index (χ4n) is 2.13. The van der Waals surface area contributed by atoms with Crippen LogP contribution in [0.4, 0.5) is 0 Å². The van der Waals surface area contributed by atoms with Crippen molar-refractivity contribution in [3.05, 3.63) is 59.0 Å². The Bertz CT molecular complexity index is 588. The molecule has 122 valence electrons. The van der Waals surface area contributed by atoms with Gasteiger partial charge in [0.05, 0.1) is 24.8 Å². The highest BCUT2D eigenvalue weighted by Crippen LogP contribution is 2.23. The Morgan fingerprint density at radius 2 is 2.26 bits per heavy atom. The van der Waals surface area contributed by atoms with Gasteiger partial charge in [0.2, 0.25) is 0 Å². The summed E-state index contributed by atoms with van der Waals surface area (Å²) < 4.78 is 16.1. The first-order valence-electron chi connectivity index (χ1n) is 6.99. The fourth-order valence-corrected chi connectivity index (χ4v) is 2.13. The molecule has 1 aromatic rings. The van der Waals surface area contributed by atoms with Crippen LogP contribution in [-0.2, 0) is 14.2 Å². The van der Waals surface area contributed by atoms with Crippen molar-refractivity contribution in [2.45, 2.75) is 24.5 Å².